The van der Waals surface area contributed by atoms with Crippen LogP contribution in [-0.2, 0) is 12.3 Å². The Balaban J connectivity index is 2.12. The molecule has 0 unspecified atom stereocenters. The molecule has 0 aliphatic carbocycles. The Labute approximate surface area is 108 Å². The van der Waals surface area contributed by atoms with Gasteiger partial charge in [-0.15, -0.1) is 0 Å². The number of thioether (sulfide) groups is 1. The minimum absolute atomic E-state index is 0.0362. The first-order valence-electron chi connectivity index (χ1n) is 5.45. The third-order valence-corrected chi connectivity index (χ3v) is 3.35. The molecule has 0 spiro atoms. The summed E-state index contributed by atoms with van der Waals surface area (Å²) in [4.78, 5) is 18.7. The first-order valence-corrected chi connectivity index (χ1v) is 6.43. The predicted molar refractivity (Wildman–Crippen MR) is 68.4 cm³/mol. The van der Waals surface area contributed by atoms with Gasteiger partial charge in [-0.1, -0.05) is 17.8 Å². The molecule has 0 amide bonds. The topological polar surface area (TPSA) is 73.8 Å². The van der Waals surface area contributed by atoms with Crippen molar-refractivity contribution in [1.29, 1.82) is 0 Å². The highest BCUT2D eigenvalue weighted by atomic mass is 32.2. The fraction of sp³-hybridized carbons (Fsp3) is 0.273. The molecule has 0 N–H and O–H groups in total. The average Bonchev–Trinajstić information content (AvgIpc) is 2.80. The molecule has 0 saturated heterocycles. The van der Waals surface area contributed by atoms with Crippen LogP contribution in [-0.4, -0.2) is 19.5 Å². The molecule has 0 aromatic carbocycles. The Morgan fingerprint density at radius 3 is 2.89 bits per heavy atom. The van der Waals surface area contributed by atoms with Crippen LogP contribution in [0.4, 0.5) is 5.82 Å². The number of aromatic nitrogens is 3. The van der Waals surface area contributed by atoms with E-state index in [1.54, 1.807) is 10.8 Å². The largest absolute Gasteiger partial charge is 0.358 e. The van der Waals surface area contributed by atoms with Crippen molar-refractivity contribution in [3.63, 3.8) is 0 Å². The third kappa shape index (κ3) is 2.67. The van der Waals surface area contributed by atoms with E-state index in [1.807, 2.05) is 25.1 Å². The minimum Gasteiger partial charge on any atom is -0.358 e. The molecule has 0 atom stereocenters. The summed E-state index contributed by atoms with van der Waals surface area (Å²) >= 11 is 1.51. The van der Waals surface area contributed by atoms with Crippen molar-refractivity contribution < 1.29 is 4.92 Å². The maximum absolute atomic E-state index is 10.8. The van der Waals surface area contributed by atoms with Gasteiger partial charge in [0.2, 0.25) is 5.82 Å². The molecule has 0 aliphatic rings. The van der Waals surface area contributed by atoms with Crippen LogP contribution in [0.25, 0.3) is 0 Å². The first kappa shape index (κ1) is 12.6. The van der Waals surface area contributed by atoms with E-state index in [0.717, 1.165) is 5.03 Å². The summed E-state index contributed by atoms with van der Waals surface area (Å²) in [5, 5.41) is 11.7. The van der Waals surface area contributed by atoms with Gasteiger partial charge in [-0.2, -0.15) is 0 Å². The van der Waals surface area contributed by atoms with Gasteiger partial charge in [0, 0.05) is 6.20 Å². The summed E-state index contributed by atoms with van der Waals surface area (Å²) in [6, 6.07) is 5.66. The number of nitrogens with zero attached hydrogens (tertiary/aromatic N) is 4. The summed E-state index contributed by atoms with van der Waals surface area (Å²) in [6.07, 6.45) is 3.02. The van der Waals surface area contributed by atoms with Crippen molar-refractivity contribution >= 4 is 17.6 Å². The Kier molecular flexibility index (Phi) is 3.93. The van der Waals surface area contributed by atoms with Gasteiger partial charge in [0.1, 0.15) is 6.20 Å². The molecule has 6 nitrogen and oxygen atoms in total. The van der Waals surface area contributed by atoms with Crippen molar-refractivity contribution in [1.82, 2.24) is 14.5 Å². The van der Waals surface area contributed by atoms with Crippen LogP contribution in [0.1, 0.15) is 12.7 Å². The molecule has 2 heterocycles. The molecule has 18 heavy (non-hydrogen) atoms. The zero-order valence-corrected chi connectivity index (χ0v) is 10.6. The normalized spacial score (nSPS) is 10.5. The molecule has 0 radical (unpaired) electrons. The van der Waals surface area contributed by atoms with Gasteiger partial charge in [-0.3, -0.25) is 0 Å². The second-order valence-electron chi connectivity index (χ2n) is 3.49. The first-order chi connectivity index (χ1) is 8.72. The summed E-state index contributed by atoms with van der Waals surface area (Å²) in [5.41, 5.74) is 0. The molecule has 94 valence electrons. The van der Waals surface area contributed by atoms with Crippen molar-refractivity contribution in [2.45, 2.75) is 24.2 Å². The monoisotopic (exact) mass is 264 g/mol. The molecule has 2 aromatic rings. The fourth-order valence-electron chi connectivity index (χ4n) is 1.58. The third-order valence-electron chi connectivity index (χ3n) is 2.41. The maximum Gasteiger partial charge on any atom is 0.342 e. The quantitative estimate of drug-likeness (QED) is 0.471. The Bertz CT molecular complexity index is 541. The second kappa shape index (κ2) is 5.63. The van der Waals surface area contributed by atoms with E-state index in [1.165, 1.54) is 18.0 Å². The molecule has 7 heteroatoms. The average molecular weight is 264 g/mol. The lowest BCUT2D eigenvalue weighted by atomic mass is 10.5. The summed E-state index contributed by atoms with van der Waals surface area (Å²) in [7, 11) is 0. The zero-order valence-electron chi connectivity index (χ0n) is 9.81. The van der Waals surface area contributed by atoms with Gasteiger partial charge in [-0.05, 0) is 24.0 Å². The van der Waals surface area contributed by atoms with Crippen molar-refractivity contribution in [3.05, 3.63) is 46.5 Å². The van der Waals surface area contributed by atoms with E-state index in [0.29, 0.717) is 18.1 Å². The van der Waals surface area contributed by atoms with Gasteiger partial charge in [-0.25, -0.2) is 14.5 Å². The fourth-order valence-corrected chi connectivity index (χ4v) is 2.40. The van der Waals surface area contributed by atoms with Crippen molar-refractivity contribution in [2.75, 3.05) is 0 Å². The SMILES string of the molecule is CCn1c([N+](=O)[O-])cnc1CSc1ccccn1. The number of hydrogen-bond donors (Lipinski definition) is 0. The van der Waals surface area contributed by atoms with Gasteiger partial charge in [0.15, 0.2) is 0 Å². The van der Waals surface area contributed by atoms with Gasteiger partial charge < -0.3 is 10.1 Å². The summed E-state index contributed by atoms with van der Waals surface area (Å²) < 4.78 is 1.61. The number of rotatable bonds is 5. The van der Waals surface area contributed by atoms with Crippen LogP contribution in [0.3, 0.4) is 0 Å². The standard InChI is InChI=1S/C11H12N4O2S/c1-2-14-9(13-7-11(14)15(16)17)8-18-10-5-3-4-6-12-10/h3-7H,2,8H2,1H3. The van der Waals surface area contributed by atoms with Gasteiger partial charge >= 0.3 is 5.82 Å². The lowest BCUT2D eigenvalue weighted by Crippen LogP contribution is -2.04. The Morgan fingerprint density at radius 2 is 2.28 bits per heavy atom. The minimum atomic E-state index is -0.411. The van der Waals surface area contributed by atoms with Gasteiger partial charge in [0.25, 0.3) is 0 Å². The number of pyridine rings is 1. The lowest BCUT2D eigenvalue weighted by molar-refractivity contribution is -0.392. The van der Waals surface area contributed by atoms with Crippen molar-refractivity contribution in [3.8, 4) is 0 Å². The van der Waals surface area contributed by atoms with Crippen molar-refractivity contribution in [2.24, 2.45) is 0 Å². The van der Waals surface area contributed by atoms with Crippen LogP contribution >= 0.6 is 11.8 Å². The van der Waals surface area contributed by atoms with Crippen LogP contribution in [0.5, 0.6) is 0 Å². The smallest absolute Gasteiger partial charge is 0.342 e. The molecular weight excluding hydrogens is 252 g/mol. The van der Waals surface area contributed by atoms with E-state index in [9.17, 15) is 10.1 Å². The van der Waals surface area contributed by atoms with E-state index in [2.05, 4.69) is 9.97 Å². The highest BCUT2D eigenvalue weighted by Gasteiger charge is 2.18. The van der Waals surface area contributed by atoms with E-state index in [4.69, 9.17) is 0 Å². The lowest BCUT2D eigenvalue weighted by Gasteiger charge is -2.01. The predicted octanol–water partition coefficient (Wildman–Crippen LogP) is 2.50. The van der Waals surface area contributed by atoms with Gasteiger partial charge in [0.05, 0.1) is 17.3 Å². The summed E-state index contributed by atoms with van der Waals surface area (Å²) in [5.74, 6) is 1.30. The van der Waals surface area contributed by atoms with E-state index < -0.39 is 4.92 Å². The molecule has 0 fully saturated rings. The van der Waals surface area contributed by atoms with Crippen LogP contribution < -0.4 is 0 Å². The highest BCUT2D eigenvalue weighted by Crippen LogP contribution is 2.22. The molecule has 2 aromatic heterocycles. The molecular formula is C11H12N4O2S. The van der Waals surface area contributed by atoms with Crippen LogP contribution in [0, 0.1) is 10.1 Å². The Morgan fingerprint density at radius 1 is 1.44 bits per heavy atom. The summed E-state index contributed by atoms with van der Waals surface area (Å²) in [6.45, 7) is 2.40. The maximum atomic E-state index is 10.8. The van der Waals surface area contributed by atoms with Crippen LogP contribution in [0.15, 0.2) is 35.6 Å². The number of nitro groups is 1. The number of hydrogen-bond acceptors (Lipinski definition) is 5. The zero-order chi connectivity index (χ0) is 13.0. The van der Waals surface area contributed by atoms with E-state index in [-0.39, 0.29) is 5.82 Å². The van der Waals surface area contributed by atoms with Crippen LogP contribution in [0.2, 0.25) is 0 Å². The number of imidazole rings is 1. The van der Waals surface area contributed by atoms with E-state index >= 15 is 0 Å². The molecule has 0 bridgehead atoms. The molecule has 2 rings (SSSR count). The molecule has 0 saturated carbocycles. The highest BCUT2D eigenvalue weighted by molar-refractivity contribution is 7.98. The second-order valence-corrected chi connectivity index (χ2v) is 4.49. The molecule has 0 aliphatic heterocycles. The Hall–Kier alpha value is -1.89.